The van der Waals surface area contributed by atoms with E-state index < -0.39 is 4.92 Å². The summed E-state index contributed by atoms with van der Waals surface area (Å²) in [4.78, 5) is 24.1. The Balaban J connectivity index is 2.04. The third-order valence-corrected chi connectivity index (χ3v) is 3.40. The van der Waals surface area contributed by atoms with Gasteiger partial charge in [-0.1, -0.05) is 0 Å². The fourth-order valence-corrected chi connectivity index (χ4v) is 2.33. The van der Waals surface area contributed by atoms with Crippen LogP contribution in [-0.4, -0.2) is 34.9 Å². The number of nitrogens with one attached hydrogen (secondary N) is 1. The molecule has 1 atom stereocenters. The summed E-state index contributed by atoms with van der Waals surface area (Å²) in [5.41, 5.74) is 6.18. The molecule has 3 N–H and O–H groups in total. The summed E-state index contributed by atoms with van der Waals surface area (Å²) in [6, 6.07) is 3.99. The van der Waals surface area contributed by atoms with Crippen LogP contribution in [0.2, 0.25) is 0 Å². The molecule has 7 nitrogen and oxygen atoms in total. The van der Waals surface area contributed by atoms with Crippen molar-refractivity contribution in [2.75, 3.05) is 24.1 Å². The Morgan fingerprint density at radius 1 is 1.45 bits per heavy atom. The van der Waals surface area contributed by atoms with Crippen molar-refractivity contribution in [3.05, 3.63) is 28.3 Å². The fraction of sp³-hybridized carbons (Fsp3) is 0.462. The van der Waals surface area contributed by atoms with Gasteiger partial charge in [-0.05, 0) is 31.9 Å². The number of nitrogens with two attached hydrogens (primary N) is 1. The van der Waals surface area contributed by atoms with E-state index in [2.05, 4.69) is 5.32 Å². The number of nitrogens with zero attached hydrogens (tertiary/aromatic N) is 2. The van der Waals surface area contributed by atoms with Gasteiger partial charge in [0.2, 0.25) is 5.91 Å². The van der Waals surface area contributed by atoms with Crippen LogP contribution in [0.5, 0.6) is 0 Å². The van der Waals surface area contributed by atoms with E-state index in [4.69, 9.17) is 5.73 Å². The number of carbonyl (C=O) groups is 1. The maximum absolute atomic E-state index is 12.1. The summed E-state index contributed by atoms with van der Waals surface area (Å²) >= 11 is 0. The lowest BCUT2D eigenvalue weighted by atomic mass is 10.2. The molecule has 0 radical (unpaired) electrons. The topological polar surface area (TPSA) is 101 Å². The summed E-state index contributed by atoms with van der Waals surface area (Å²) < 4.78 is 0. The number of benzene rings is 1. The Kier molecular flexibility index (Phi) is 4.07. The van der Waals surface area contributed by atoms with Gasteiger partial charge in [0.15, 0.2) is 0 Å². The molecule has 1 unspecified atom stereocenters. The number of likely N-dealkylation sites (tertiary alicyclic amines) is 1. The lowest BCUT2D eigenvalue weighted by Crippen LogP contribution is -2.39. The summed E-state index contributed by atoms with van der Waals surface area (Å²) in [6.45, 7) is 3.37. The minimum atomic E-state index is -0.530. The number of amides is 1. The molecule has 1 aliphatic heterocycles. The maximum atomic E-state index is 12.1. The highest BCUT2D eigenvalue weighted by molar-refractivity contribution is 5.85. The summed E-state index contributed by atoms with van der Waals surface area (Å²) in [6.07, 6.45) is 2.09. The molecule has 7 heteroatoms. The van der Waals surface area contributed by atoms with Crippen LogP contribution in [0.15, 0.2) is 18.2 Å². The van der Waals surface area contributed by atoms with Gasteiger partial charge in [-0.25, -0.2) is 0 Å². The van der Waals surface area contributed by atoms with Crippen LogP contribution >= 0.6 is 0 Å². The molecule has 0 bridgehead atoms. The van der Waals surface area contributed by atoms with E-state index in [1.807, 2.05) is 4.90 Å². The molecule has 20 heavy (non-hydrogen) atoms. The van der Waals surface area contributed by atoms with E-state index >= 15 is 0 Å². The molecule has 1 amide bonds. The van der Waals surface area contributed by atoms with Gasteiger partial charge >= 0.3 is 0 Å². The average molecular weight is 278 g/mol. The Morgan fingerprint density at radius 2 is 2.10 bits per heavy atom. The van der Waals surface area contributed by atoms with E-state index in [9.17, 15) is 14.9 Å². The van der Waals surface area contributed by atoms with Gasteiger partial charge in [0, 0.05) is 24.8 Å². The van der Waals surface area contributed by atoms with E-state index in [0.717, 1.165) is 25.9 Å². The molecular weight excluding hydrogens is 260 g/mol. The van der Waals surface area contributed by atoms with Crippen LogP contribution in [0.1, 0.15) is 19.8 Å². The second-order valence-electron chi connectivity index (χ2n) is 4.93. The largest absolute Gasteiger partial charge is 0.393 e. The van der Waals surface area contributed by atoms with Gasteiger partial charge in [-0.3, -0.25) is 14.9 Å². The van der Waals surface area contributed by atoms with Gasteiger partial charge in [0.25, 0.3) is 5.69 Å². The first-order chi connectivity index (χ1) is 9.49. The smallest absolute Gasteiger partial charge is 0.292 e. The van der Waals surface area contributed by atoms with E-state index in [-0.39, 0.29) is 23.3 Å². The zero-order valence-electron chi connectivity index (χ0n) is 11.3. The minimum absolute atomic E-state index is 0.0411. The Labute approximate surface area is 116 Å². The number of carbonyl (C=O) groups excluding carboxylic acids is 1. The second kappa shape index (κ2) is 5.77. The highest BCUT2D eigenvalue weighted by Gasteiger charge is 2.23. The van der Waals surface area contributed by atoms with Crippen molar-refractivity contribution in [1.29, 1.82) is 0 Å². The lowest BCUT2D eigenvalue weighted by molar-refractivity contribution is -0.383. The minimum Gasteiger partial charge on any atom is -0.393 e. The van der Waals surface area contributed by atoms with Crippen molar-refractivity contribution in [2.45, 2.75) is 25.8 Å². The highest BCUT2D eigenvalue weighted by atomic mass is 16.6. The van der Waals surface area contributed by atoms with Gasteiger partial charge in [0.1, 0.15) is 11.7 Å². The predicted molar refractivity (Wildman–Crippen MR) is 76.4 cm³/mol. The van der Waals surface area contributed by atoms with Crippen molar-refractivity contribution in [1.82, 2.24) is 4.90 Å². The number of anilines is 2. The molecule has 0 aromatic heterocycles. The van der Waals surface area contributed by atoms with E-state index in [1.165, 1.54) is 12.1 Å². The van der Waals surface area contributed by atoms with Crippen LogP contribution in [0, 0.1) is 10.1 Å². The van der Waals surface area contributed by atoms with Crippen molar-refractivity contribution in [3.63, 3.8) is 0 Å². The summed E-state index contributed by atoms with van der Waals surface area (Å²) in [7, 11) is 0. The number of rotatable bonds is 4. The van der Waals surface area contributed by atoms with Crippen LogP contribution < -0.4 is 11.1 Å². The molecule has 0 aliphatic carbocycles. The molecule has 1 saturated heterocycles. The van der Waals surface area contributed by atoms with Crippen LogP contribution in [0.25, 0.3) is 0 Å². The fourth-order valence-electron chi connectivity index (χ4n) is 2.33. The van der Waals surface area contributed by atoms with Crippen molar-refractivity contribution in [2.24, 2.45) is 0 Å². The standard InChI is InChI=1S/C13H18N4O3/c1-9(13(18)16-6-2-3-7-16)15-10-4-5-12(17(19)20)11(14)8-10/h4-5,8-9,15H,2-3,6-7,14H2,1H3. The van der Waals surface area contributed by atoms with E-state index in [0.29, 0.717) is 5.69 Å². The Morgan fingerprint density at radius 3 is 2.65 bits per heavy atom. The van der Waals surface area contributed by atoms with Gasteiger partial charge < -0.3 is 16.0 Å². The third kappa shape index (κ3) is 2.98. The van der Waals surface area contributed by atoms with Crippen LogP contribution in [0.4, 0.5) is 17.1 Å². The highest BCUT2D eigenvalue weighted by Crippen LogP contribution is 2.25. The zero-order chi connectivity index (χ0) is 14.7. The van der Waals surface area contributed by atoms with Crippen molar-refractivity contribution < 1.29 is 9.72 Å². The molecule has 1 heterocycles. The van der Waals surface area contributed by atoms with Gasteiger partial charge in [0.05, 0.1) is 4.92 Å². The molecule has 1 aromatic rings. The lowest BCUT2D eigenvalue weighted by Gasteiger charge is -2.22. The number of hydrogen-bond donors (Lipinski definition) is 2. The monoisotopic (exact) mass is 278 g/mol. The summed E-state index contributed by atoms with van der Waals surface area (Å²) in [5.74, 6) is 0.0411. The first-order valence-corrected chi connectivity index (χ1v) is 6.58. The second-order valence-corrected chi connectivity index (χ2v) is 4.93. The normalized spacial score (nSPS) is 15.9. The Hall–Kier alpha value is -2.31. The molecule has 1 aromatic carbocycles. The molecule has 0 spiro atoms. The molecule has 1 aliphatic rings. The molecular formula is C13H18N4O3. The zero-order valence-corrected chi connectivity index (χ0v) is 11.3. The molecule has 2 rings (SSSR count). The quantitative estimate of drug-likeness (QED) is 0.495. The van der Waals surface area contributed by atoms with E-state index in [1.54, 1.807) is 13.0 Å². The maximum Gasteiger partial charge on any atom is 0.292 e. The predicted octanol–water partition coefficient (Wildman–Crippen LogP) is 1.60. The summed E-state index contributed by atoms with van der Waals surface area (Å²) in [5, 5.41) is 13.7. The van der Waals surface area contributed by atoms with Gasteiger partial charge in [-0.15, -0.1) is 0 Å². The van der Waals surface area contributed by atoms with Gasteiger partial charge in [-0.2, -0.15) is 0 Å². The number of nitro benzene ring substituents is 1. The number of nitro groups is 1. The SMILES string of the molecule is CC(Nc1ccc([N+](=O)[O-])c(N)c1)C(=O)N1CCCC1. The van der Waals surface area contributed by atoms with Crippen LogP contribution in [-0.2, 0) is 4.79 Å². The first-order valence-electron chi connectivity index (χ1n) is 6.58. The average Bonchev–Trinajstić information content (AvgIpc) is 2.91. The Bertz CT molecular complexity index is 526. The third-order valence-electron chi connectivity index (χ3n) is 3.40. The van der Waals surface area contributed by atoms with Crippen molar-refractivity contribution >= 4 is 23.0 Å². The van der Waals surface area contributed by atoms with Crippen molar-refractivity contribution in [3.8, 4) is 0 Å². The molecule has 108 valence electrons. The number of nitrogen functional groups attached to an aromatic ring is 1. The van der Waals surface area contributed by atoms with Crippen LogP contribution in [0.3, 0.4) is 0 Å². The molecule has 1 fully saturated rings. The number of hydrogen-bond acceptors (Lipinski definition) is 5. The molecule has 0 saturated carbocycles. The first kappa shape index (κ1) is 14.1.